The number of β-amino-alcohol motifs (C(OH)–C–C–N with tert-alkyl or cyclic N) is 1. The van der Waals surface area contributed by atoms with E-state index in [0.29, 0.717) is 12.3 Å². The summed E-state index contributed by atoms with van der Waals surface area (Å²) in [5, 5.41) is 18.7. The fraction of sp³-hybridized carbons (Fsp3) is 0.458. The van der Waals surface area contributed by atoms with Crippen molar-refractivity contribution in [1.82, 2.24) is 4.90 Å². The molecule has 1 unspecified atom stereocenters. The average molecular weight is 397 g/mol. The Morgan fingerprint density at radius 3 is 2.28 bits per heavy atom. The first-order valence-electron chi connectivity index (χ1n) is 10.5. The molecule has 1 aliphatic rings. The van der Waals surface area contributed by atoms with Crippen LogP contribution < -0.4 is 4.90 Å². The van der Waals surface area contributed by atoms with Crippen LogP contribution in [0.2, 0.25) is 0 Å². The van der Waals surface area contributed by atoms with E-state index in [9.17, 15) is 9.90 Å². The summed E-state index contributed by atoms with van der Waals surface area (Å²) >= 11 is 0. The summed E-state index contributed by atoms with van der Waals surface area (Å²) in [5.74, 6) is -0.895. The van der Waals surface area contributed by atoms with Crippen LogP contribution in [0.1, 0.15) is 31.7 Å². The number of carboxylic acids is 1. The van der Waals surface area contributed by atoms with Crippen LogP contribution in [0.5, 0.6) is 0 Å². The second-order valence-corrected chi connectivity index (χ2v) is 8.25. The van der Waals surface area contributed by atoms with E-state index >= 15 is 0 Å². The fourth-order valence-electron chi connectivity index (χ4n) is 4.02. The molecule has 0 radical (unpaired) electrons. The number of rotatable bonds is 8. The highest BCUT2D eigenvalue weighted by atomic mass is 16.4. The molecule has 5 nitrogen and oxygen atoms in total. The lowest BCUT2D eigenvalue weighted by molar-refractivity contribution is -0.139. The maximum atomic E-state index is 11.7. The third-order valence-corrected chi connectivity index (χ3v) is 5.65. The summed E-state index contributed by atoms with van der Waals surface area (Å²) in [6.45, 7) is 8.94. The molecule has 5 heteroatoms. The topological polar surface area (TPSA) is 64.0 Å². The van der Waals surface area contributed by atoms with Crippen molar-refractivity contribution in [2.24, 2.45) is 5.92 Å². The number of benzene rings is 2. The molecular weight excluding hydrogens is 364 g/mol. The molecule has 1 aliphatic heterocycles. The molecule has 3 rings (SSSR count). The van der Waals surface area contributed by atoms with Gasteiger partial charge in [-0.05, 0) is 41.2 Å². The van der Waals surface area contributed by atoms with Crippen LogP contribution in [-0.2, 0) is 4.79 Å². The van der Waals surface area contributed by atoms with Gasteiger partial charge in [-0.25, -0.2) is 0 Å². The number of piperazine rings is 1. The first-order chi connectivity index (χ1) is 14.0. The molecule has 29 heavy (non-hydrogen) atoms. The SMILES string of the molecule is CC(C)CC(C(=O)O)c1cccc(-c2ccc(N3CCN(CCO)CC3)cc2)c1. The molecule has 0 aromatic heterocycles. The molecular formula is C24H32N2O3. The van der Waals surface area contributed by atoms with Gasteiger partial charge in [0.15, 0.2) is 0 Å². The molecule has 2 aromatic carbocycles. The smallest absolute Gasteiger partial charge is 0.310 e. The zero-order valence-corrected chi connectivity index (χ0v) is 17.4. The third-order valence-electron chi connectivity index (χ3n) is 5.65. The summed E-state index contributed by atoms with van der Waals surface area (Å²) in [4.78, 5) is 16.4. The van der Waals surface area contributed by atoms with Gasteiger partial charge in [0.2, 0.25) is 0 Å². The van der Waals surface area contributed by atoms with Gasteiger partial charge in [-0.15, -0.1) is 0 Å². The molecule has 156 valence electrons. The Labute approximate surface area is 173 Å². The van der Waals surface area contributed by atoms with E-state index in [1.807, 2.05) is 24.3 Å². The molecule has 1 fully saturated rings. The van der Waals surface area contributed by atoms with Gasteiger partial charge in [-0.1, -0.05) is 50.2 Å². The van der Waals surface area contributed by atoms with Crippen molar-refractivity contribution < 1.29 is 15.0 Å². The number of carboxylic acid groups (broad SMARTS) is 1. The first-order valence-corrected chi connectivity index (χ1v) is 10.5. The minimum Gasteiger partial charge on any atom is -0.481 e. The highest BCUT2D eigenvalue weighted by Gasteiger charge is 2.21. The van der Waals surface area contributed by atoms with Gasteiger partial charge in [-0.3, -0.25) is 9.69 Å². The van der Waals surface area contributed by atoms with Crippen LogP contribution in [0, 0.1) is 5.92 Å². The van der Waals surface area contributed by atoms with Crippen LogP contribution in [-0.4, -0.2) is 60.4 Å². The van der Waals surface area contributed by atoms with E-state index in [4.69, 9.17) is 5.11 Å². The molecule has 0 bridgehead atoms. The predicted molar refractivity (Wildman–Crippen MR) is 117 cm³/mol. The zero-order valence-electron chi connectivity index (χ0n) is 17.4. The largest absolute Gasteiger partial charge is 0.481 e. The predicted octanol–water partition coefficient (Wildman–Crippen LogP) is 3.68. The molecule has 0 amide bonds. The minimum absolute atomic E-state index is 0.216. The Morgan fingerprint density at radius 1 is 1.00 bits per heavy atom. The number of carbonyl (C=O) groups is 1. The maximum Gasteiger partial charge on any atom is 0.310 e. The van der Waals surface area contributed by atoms with Crippen molar-refractivity contribution in [2.45, 2.75) is 26.2 Å². The van der Waals surface area contributed by atoms with Crippen molar-refractivity contribution in [3.63, 3.8) is 0 Å². The van der Waals surface area contributed by atoms with Gasteiger partial charge < -0.3 is 15.1 Å². The number of aliphatic hydroxyl groups excluding tert-OH is 1. The van der Waals surface area contributed by atoms with Gasteiger partial charge >= 0.3 is 5.97 Å². The quantitative estimate of drug-likeness (QED) is 0.713. The third kappa shape index (κ3) is 5.58. The van der Waals surface area contributed by atoms with Crippen molar-refractivity contribution in [2.75, 3.05) is 44.2 Å². The minimum atomic E-state index is -0.758. The molecule has 2 aromatic rings. The summed E-state index contributed by atoms with van der Waals surface area (Å²) in [6.07, 6.45) is 0.639. The van der Waals surface area contributed by atoms with Gasteiger partial charge in [0, 0.05) is 38.4 Å². The number of nitrogens with zero attached hydrogens (tertiary/aromatic N) is 2. The normalized spacial score (nSPS) is 16.2. The van der Waals surface area contributed by atoms with E-state index < -0.39 is 11.9 Å². The summed E-state index contributed by atoms with van der Waals surface area (Å²) in [5.41, 5.74) is 4.23. The van der Waals surface area contributed by atoms with E-state index in [0.717, 1.165) is 49.4 Å². The molecule has 0 aliphatic carbocycles. The molecule has 0 saturated carbocycles. The molecule has 2 N–H and O–H groups in total. The van der Waals surface area contributed by atoms with Gasteiger partial charge in [0.25, 0.3) is 0 Å². The van der Waals surface area contributed by atoms with Crippen molar-refractivity contribution >= 4 is 11.7 Å². The zero-order chi connectivity index (χ0) is 20.8. The molecule has 1 saturated heterocycles. The van der Waals surface area contributed by atoms with E-state index in [-0.39, 0.29) is 6.61 Å². The first kappa shape index (κ1) is 21.3. The Kier molecular flexibility index (Phi) is 7.29. The summed E-state index contributed by atoms with van der Waals surface area (Å²) in [6, 6.07) is 16.5. The number of hydrogen-bond acceptors (Lipinski definition) is 4. The van der Waals surface area contributed by atoms with Crippen LogP contribution in [0.4, 0.5) is 5.69 Å². The molecule has 0 spiro atoms. The summed E-state index contributed by atoms with van der Waals surface area (Å²) < 4.78 is 0. The van der Waals surface area contributed by atoms with Crippen LogP contribution in [0.15, 0.2) is 48.5 Å². The van der Waals surface area contributed by atoms with E-state index in [2.05, 4.69) is 47.9 Å². The van der Waals surface area contributed by atoms with Gasteiger partial charge in [0.1, 0.15) is 0 Å². The number of anilines is 1. The second kappa shape index (κ2) is 9.90. The number of hydrogen-bond donors (Lipinski definition) is 2. The fourth-order valence-corrected chi connectivity index (χ4v) is 4.02. The van der Waals surface area contributed by atoms with E-state index in [1.54, 1.807) is 0 Å². The van der Waals surface area contributed by atoms with Crippen molar-refractivity contribution in [3.05, 3.63) is 54.1 Å². The monoisotopic (exact) mass is 396 g/mol. The standard InChI is InChI=1S/C24H32N2O3/c1-18(2)16-23(24(28)29)21-5-3-4-20(17-21)19-6-8-22(9-7-19)26-12-10-25(11-13-26)14-15-27/h3-9,17-18,23,27H,10-16H2,1-2H3,(H,28,29). The maximum absolute atomic E-state index is 11.7. The van der Waals surface area contributed by atoms with E-state index in [1.165, 1.54) is 5.69 Å². The highest BCUT2D eigenvalue weighted by Crippen LogP contribution is 2.29. The lowest BCUT2D eigenvalue weighted by Gasteiger charge is -2.35. The van der Waals surface area contributed by atoms with Gasteiger partial charge in [0.05, 0.1) is 12.5 Å². The highest BCUT2D eigenvalue weighted by molar-refractivity contribution is 5.77. The second-order valence-electron chi connectivity index (χ2n) is 8.25. The number of aliphatic hydroxyl groups is 1. The van der Waals surface area contributed by atoms with Crippen molar-refractivity contribution in [1.29, 1.82) is 0 Å². The van der Waals surface area contributed by atoms with Crippen LogP contribution in [0.3, 0.4) is 0 Å². The Hall–Kier alpha value is -2.37. The van der Waals surface area contributed by atoms with Crippen molar-refractivity contribution in [3.8, 4) is 11.1 Å². The Balaban J connectivity index is 1.72. The average Bonchev–Trinajstić information content (AvgIpc) is 2.73. The lowest BCUT2D eigenvalue weighted by atomic mass is 9.88. The number of aliphatic carboxylic acids is 1. The van der Waals surface area contributed by atoms with Gasteiger partial charge in [-0.2, -0.15) is 0 Å². The lowest BCUT2D eigenvalue weighted by Crippen LogP contribution is -2.47. The van der Waals surface area contributed by atoms with Crippen LogP contribution >= 0.6 is 0 Å². The molecule has 1 heterocycles. The van der Waals surface area contributed by atoms with Crippen LogP contribution in [0.25, 0.3) is 11.1 Å². The Morgan fingerprint density at radius 2 is 1.69 bits per heavy atom. The molecule has 1 atom stereocenters. The Bertz CT molecular complexity index is 796. The summed E-state index contributed by atoms with van der Waals surface area (Å²) in [7, 11) is 0.